The molecule has 0 atom stereocenters. The molecular weight excluding hydrogens is 280 g/mol. The third-order valence-electron chi connectivity index (χ3n) is 3.29. The minimum Gasteiger partial charge on any atom is -0.457 e. The zero-order valence-corrected chi connectivity index (χ0v) is 12.5. The maximum atomic E-state index is 5.86. The van der Waals surface area contributed by atoms with Crippen molar-refractivity contribution in [1.82, 2.24) is 0 Å². The van der Waals surface area contributed by atoms with Crippen molar-refractivity contribution in [3.8, 4) is 22.6 Å². The van der Waals surface area contributed by atoms with E-state index in [1.54, 1.807) is 0 Å². The molecule has 21 heavy (non-hydrogen) atoms. The van der Waals surface area contributed by atoms with Crippen LogP contribution in [0.5, 0.6) is 11.5 Å². The smallest absolute Gasteiger partial charge is 0.127 e. The van der Waals surface area contributed by atoms with E-state index in [0.29, 0.717) is 5.02 Å². The van der Waals surface area contributed by atoms with Crippen LogP contribution in [0, 0.1) is 6.92 Å². The number of benzene rings is 3. The van der Waals surface area contributed by atoms with Gasteiger partial charge < -0.3 is 4.74 Å². The molecule has 3 aromatic rings. The summed E-state index contributed by atoms with van der Waals surface area (Å²) in [6.45, 7) is 2.09. The number of rotatable bonds is 3. The average molecular weight is 295 g/mol. The molecule has 2 heteroatoms. The first-order valence-corrected chi connectivity index (χ1v) is 7.19. The van der Waals surface area contributed by atoms with Crippen LogP contribution in [0.3, 0.4) is 0 Å². The lowest BCUT2D eigenvalue weighted by molar-refractivity contribution is 0.483. The second kappa shape index (κ2) is 6.02. The van der Waals surface area contributed by atoms with E-state index in [9.17, 15) is 0 Å². The quantitative estimate of drug-likeness (QED) is 0.566. The largest absolute Gasteiger partial charge is 0.457 e. The fourth-order valence-electron chi connectivity index (χ4n) is 2.10. The summed E-state index contributed by atoms with van der Waals surface area (Å²) in [5.74, 6) is 1.59. The predicted molar refractivity (Wildman–Crippen MR) is 88.1 cm³/mol. The Morgan fingerprint density at radius 2 is 1.05 bits per heavy atom. The highest BCUT2D eigenvalue weighted by Crippen LogP contribution is 2.26. The summed E-state index contributed by atoms with van der Waals surface area (Å²) in [5.41, 5.74) is 3.65. The summed E-state index contributed by atoms with van der Waals surface area (Å²) in [6, 6.07) is 23.9. The topological polar surface area (TPSA) is 9.23 Å². The first kappa shape index (κ1) is 13.7. The highest BCUT2D eigenvalue weighted by molar-refractivity contribution is 6.30. The highest BCUT2D eigenvalue weighted by Gasteiger charge is 2.00. The van der Waals surface area contributed by atoms with Gasteiger partial charge in [-0.15, -0.1) is 0 Å². The van der Waals surface area contributed by atoms with E-state index in [1.165, 1.54) is 16.7 Å². The van der Waals surface area contributed by atoms with Crippen molar-refractivity contribution in [2.45, 2.75) is 6.92 Å². The number of hydrogen-bond acceptors (Lipinski definition) is 1. The fraction of sp³-hybridized carbons (Fsp3) is 0.0526. The lowest BCUT2D eigenvalue weighted by Crippen LogP contribution is -1.84. The Hall–Kier alpha value is -2.25. The number of ether oxygens (including phenoxy) is 1. The van der Waals surface area contributed by atoms with Crippen LogP contribution in [0.15, 0.2) is 72.8 Å². The molecule has 0 saturated carbocycles. The van der Waals surface area contributed by atoms with E-state index in [-0.39, 0.29) is 0 Å². The molecule has 3 rings (SSSR count). The lowest BCUT2D eigenvalue weighted by Gasteiger charge is -2.07. The van der Waals surface area contributed by atoms with E-state index in [4.69, 9.17) is 16.3 Å². The van der Waals surface area contributed by atoms with Gasteiger partial charge in [0, 0.05) is 5.02 Å². The molecule has 0 amide bonds. The van der Waals surface area contributed by atoms with E-state index < -0.39 is 0 Å². The molecule has 0 bridgehead atoms. The molecule has 0 aliphatic carbocycles. The van der Waals surface area contributed by atoms with E-state index in [2.05, 4.69) is 43.3 Å². The molecule has 3 aromatic carbocycles. The molecular formula is C19H15ClO. The van der Waals surface area contributed by atoms with Crippen LogP contribution >= 0.6 is 11.6 Å². The van der Waals surface area contributed by atoms with Gasteiger partial charge in [0.2, 0.25) is 0 Å². The lowest BCUT2D eigenvalue weighted by atomic mass is 10.0. The molecule has 0 saturated heterocycles. The molecule has 0 unspecified atom stereocenters. The molecule has 0 aliphatic heterocycles. The number of aryl methyl sites for hydroxylation is 1. The van der Waals surface area contributed by atoms with Crippen molar-refractivity contribution in [1.29, 1.82) is 0 Å². The molecule has 0 N–H and O–H groups in total. The summed E-state index contributed by atoms with van der Waals surface area (Å²) in [6.07, 6.45) is 0. The first-order valence-electron chi connectivity index (χ1n) is 6.81. The van der Waals surface area contributed by atoms with Gasteiger partial charge in [-0.3, -0.25) is 0 Å². The molecule has 0 fully saturated rings. The summed E-state index contributed by atoms with van der Waals surface area (Å²) in [7, 11) is 0. The van der Waals surface area contributed by atoms with Gasteiger partial charge in [0.15, 0.2) is 0 Å². The predicted octanol–water partition coefficient (Wildman–Crippen LogP) is 6.11. The maximum Gasteiger partial charge on any atom is 0.127 e. The second-order valence-electron chi connectivity index (χ2n) is 4.95. The van der Waals surface area contributed by atoms with Crippen LogP contribution in [-0.4, -0.2) is 0 Å². The van der Waals surface area contributed by atoms with Crippen LogP contribution in [0.4, 0.5) is 0 Å². The molecule has 0 radical (unpaired) electrons. The molecule has 0 aromatic heterocycles. The van der Waals surface area contributed by atoms with Crippen molar-refractivity contribution in [3.63, 3.8) is 0 Å². The molecule has 0 aliphatic rings. The zero-order chi connectivity index (χ0) is 14.7. The van der Waals surface area contributed by atoms with Gasteiger partial charge in [0.25, 0.3) is 0 Å². The summed E-state index contributed by atoms with van der Waals surface area (Å²) in [4.78, 5) is 0. The van der Waals surface area contributed by atoms with Gasteiger partial charge in [-0.2, -0.15) is 0 Å². The summed E-state index contributed by atoms with van der Waals surface area (Å²) >= 11 is 5.86. The van der Waals surface area contributed by atoms with E-state index >= 15 is 0 Å². The van der Waals surface area contributed by atoms with Gasteiger partial charge in [-0.05, 0) is 54.4 Å². The molecule has 1 nitrogen and oxygen atoms in total. The van der Waals surface area contributed by atoms with E-state index in [0.717, 1.165) is 11.5 Å². The van der Waals surface area contributed by atoms with Gasteiger partial charge in [0.1, 0.15) is 11.5 Å². The second-order valence-corrected chi connectivity index (χ2v) is 5.38. The minimum atomic E-state index is 0.706. The van der Waals surface area contributed by atoms with Crippen molar-refractivity contribution in [3.05, 3.63) is 83.4 Å². The molecule has 104 valence electrons. The Balaban J connectivity index is 1.77. The number of hydrogen-bond donors (Lipinski definition) is 0. The zero-order valence-electron chi connectivity index (χ0n) is 11.7. The first-order chi connectivity index (χ1) is 10.2. The van der Waals surface area contributed by atoms with Crippen LogP contribution < -0.4 is 4.74 Å². The standard InChI is InChI=1S/C19H15ClO/c1-14-2-4-15(5-3-14)16-6-10-18(11-7-16)21-19-12-8-17(20)9-13-19/h2-13H,1H3. The Kier molecular flexibility index (Phi) is 3.94. The number of halogens is 1. The molecule has 0 heterocycles. The van der Waals surface area contributed by atoms with Crippen LogP contribution in [0.2, 0.25) is 5.02 Å². The Morgan fingerprint density at radius 1 is 0.619 bits per heavy atom. The third-order valence-corrected chi connectivity index (χ3v) is 3.54. The monoisotopic (exact) mass is 294 g/mol. The van der Waals surface area contributed by atoms with Gasteiger partial charge in [0.05, 0.1) is 0 Å². The van der Waals surface area contributed by atoms with Crippen LogP contribution in [-0.2, 0) is 0 Å². The summed E-state index contributed by atoms with van der Waals surface area (Å²) < 4.78 is 5.78. The van der Waals surface area contributed by atoms with Gasteiger partial charge in [-0.1, -0.05) is 53.6 Å². The minimum absolute atomic E-state index is 0.706. The Morgan fingerprint density at radius 3 is 1.57 bits per heavy atom. The third kappa shape index (κ3) is 3.45. The summed E-state index contributed by atoms with van der Waals surface area (Å²) in [5, 5.41) is 0.706. The van der Waals surface area contributed by atoms with E-state index in [1.807, 2.05) is 36.4 Å². The Bertz CT molecular complexity index is 713. The van der Waals surface area contributed by atoms with Crippen molar-refractivity contribution in [2.75, 3.05) is 0 Å². The van der Waals surface area contributed by atoms with Gasteiger partial charge >= 0.3 is 0 Å². The van der Waals surface area contributed by atoms with Crippen LogP contribution in [0.1, 0.15) is 5.56 Å². The fourth-order valence-corrected chi connectivity index (χ4v) is 2.23. The van der Waals surface area contributed by atoms with Crippen molar-refractivity contribution in [2.24, 2.45) is 0 Å². The maximum absolute atomic E-state index is 5.86. The van der Waals surface area contributed by atoms with Crippen molar-refractivity contribution >= 4 is 11.6 Å². The molecule has 0 spiro atoms. The normalized spacial score (nSPS) is 10.4. The van der Waals surface area contributed by atoms with Crippen LogP contribution in [0.25, 0.3) is 11.1 Å². The average Bonchev–Trinajstić information content (AvgIpc) is 2.51. The highest BCUT2D eigenvalue weighted by atomic mass is 35.5. The van der Waals surface area contributed by atoms with Crippen molar-refractivity contribution < 1.29 is 4.74 Å². The SMILES string of the molecule is Cc1ccc(-c2ccc(Oc3ccc(Cl)cc3)cc2)cc1. The Labute approximate surface area is 129 Å². The van der Waals surface area contributed by atoms with Gasteiger partial charge in [-0.25, -0.2) is 0 Å².